The van der Waals surface area contributed by atoms with Crippen LogP contribution >= 0.6 is 0 Å². The molecule has 0 aliphatic heterocycles. The molecule has 0 bridgehead atoms. The Bertz CT molecular complexity index is 583. The van der Waals surface area contributed by atoms with E-state index in [9.17, 15) is 0 Å². The fourth-order valence-corrected chi connectivity index (χ4v) is 3.30. The van der Waals surface area contributed by atoms with Gasteiger partial charge in [0.1, 0.15) is 0 Å². The van der Waals surface area contributed by atoms with E-state index in [-0.39, 0.29) is 0 Å². The number of hydrogen-bond donors (Lipinski definition) is 0. The van der Waals surface area contributed by atoms with E-state index in [1.54, 1.807) is 0 Å². The van der Waals surface area contributed by atoms with Gasteiger partial charge in [-0.3, -0.25) is 0 Å². The molecule has 0 saturated heterocycles. The lowest BCUT2D eigenvalue weighted by Gasteiger charge is -2.35. The van der Waals surface area contributed by atoms with Crippen LogP contribution in [0.25, 0.3) is 0 Å². The standard InChI is InChI=1S/C19H23N/c1-14-8-10-15(11-9-14)19-13-17(20(2)3)12-16-6-4-5-7-18(16)19/h4-11,17,19H,12-13H2,1-3H3/t17-,19-/m0/s1. The van der Waals surface area contributed by atoms with Crippen LogP contribution in [0.3, 0.4) is 0 Å². The van der Waals surface area contributed by atoms with Gasteiger partial charge in [-0.05, 0) is 50.6 Å². The lowest BCUT2D eigenvalue weighted by molar-refractivity contribution is 0.258. The zero-order valence-corrected chi connectivity index (χ0v) is 12.6. The Morgan fingerprint density at radius 3 is 2.35 bits per heavy atom. The van der Waals surface area contributed by atoms with Crippen molar-refractivity contribution in [3.8, 4) is 0 Å². The zero-order chi connectivity index (χ0) is 14.1. The number of hydrogen-bond acceptors (Lipinski definition) is 1. The predicted octanol–water partition coefficient (Wildman–Crippen LogP) is 4.00. The zero-order valence-electron chi connectivity index (χ0n) is 12.6. The van der Waals surface area contributed by atoms with Gasteiger partial charge in [-0.1, -0.05) is 54.1 Å². The van der Waals surface area contributed by atoms with Crippen molar-refractivity contribution in [2.24, 2.45) is 0 Å². The summed E-state index contributed by atoms with van der Waals surface area (Å²) in [6, 6.07) is 18.7. The van der Waals surface area contributed by atoms with Gasteiger partial charge in [0.2, 0.25) is 0 Å². The normalized spacial score (nSPS) is 21.8. The Labute approximate surface area is 122 Å². The minimum atomic E-state index is 0.535. The number of aryl methyl sites for hydroxylation is 1. The first-order valence-electron chi connectivity index (χ1n) is 7.46. The molecule has 3 rings (SSSR count). The molecular formula is C19H23N. The quantitative estimate of drug-likeness (QED) is 0.793. The van der Waals surface area contributed by atoms with Gasteiger partial charge in [-0.25, -0.2) is 0 Å². The summed E-state index contributed by atoms with van der Waals surface area (Å²) in [6.07, 6.45) is 2.39. The summed E-state index contributed by atoms with van der Waals surface area (Å²) in [5, 5.41) is 0. The summed E-state index contributed by atoms with van der Waals surface area (Å²) >= 11 is 0. The van der Waals surface area contributed by atoms with Gasteiger partial charge >= 0.3 is 0 Å². The highest BCUT2D eigenvalue weighted by atomic mass is 15.1. The van der Waals surface area contributed by atoms with Gasteiger partial charge in [0.05, 0.1) is 0 Å². The van der Waals surface area contributed by atoms with Crippen molar-refractivity contribution in [1.29, 1.82) is 0 Å². The van der Waals surface area contributed by atoms with Gasteiger partial charge in [0.15, 0.2) is 0 Å². The van der Waals surface area contributed by atoms with Crippen LogP contribution in [0.5, 0.6) is 0 Å². The number of likely N-dealkylation sites (N-methyl/N-ethyl adjacent to an activating group) is 1. The summed E-state index contributed by atoms with van der Waals surface area (Å²) in [6.45, 7) is 2.15. The lowest BCUT2D eigenvalue weighted by Crippen LogP contribution is -2.35. The van der Waals surface area contributed by atoms with Crippen LogP contribution in [0.2, 0.25) is 0 Å². The van der Waals surface area contributed by atoms with Crippen LogP contribution < -0.4 is 0 Å². The maximum absolute atomic E-state index is 2.37. The molecule has 0 radical (unpaired) electrons. The largest absolute Gasteiger partial charge is 0.306 e. The third-order valence-electron chi connectivity index (χ3n) is 4.60. The monoisotopic (exact) mass is 265 g/mol. The average Bonchev–Trinajstić information content (AvgIpc) is 2.47. The third kappa shape index (κ3) is 2.51. The summed E-state index contributed by atoms with van der Waals surface area (Å²) < 4.78 is 0. The third-order valence-corrected chi connectivity index (χ3v) is 4.60. The topological polar surface area (TPSA) is 3.24 Å². The Hall–Kier alpha value is -1.60. The van der Waals surface area contributed by atoms with Gasteiger partial charge in [-0.15, -0.1) is 0 Å². The number of benzene rings is 2. The van der Waals surface area contributed by atoms with Crippen molar-refractivity contribution >= 4 is 0 Å². The summed E-state index contributed by atoms with van der Waals surface area (Å²) in [7, 11) is 4.40. The molecule has 0 N–H and O–H groups in total. The van der Waals surface area contributed by atoms with Gasteiger partial charge in [0.25, 0.3) is 0 Å². The second-order valence-electron chi connectivity index (χ2n) is 6.22. The molecule has 104 valence electrons. The molecule has 20 heavy (non-hydrogen) atoms. The fraction of sp³-hybridized carbons (Fsp3) is 0.368. The molecule has 2 atom stereocenters. The first kappa shape index (κ1) is 13.4. The number of nitrogens with zero attached hydrogens (tertiary/aromatic N) is 1. The lowest BCUT2D eigenvalue weighted by atomic mass is 9.76. The van der Waals surface area contributed by atoms with Crippen molar-refractivity contribution in [2.45, 2.75) is 31.7 Å². The van der Waals surface area contributed by atoms with Crippen molar-refractivity contribution in [2.75, 3.05) is 14.1 Å². The molecule has 0 unspecified atom stereocenters. The van der Waals surface area contributed by atoms with Gasteiger partial charge < -0.3 is 4.90 Å². The molecule has 1 nitrogen and oxygen atoms in total. The summed E-state index contributed by atoms with van der Waals surface area (Å²) in [5.74, 6) is 0.535. The molecule has 1 aliphatic rings. The van der Waals surface area contributed by atoms with Crippen LogP contribution in [0.15, 0.2) is 48.5 Å². The molecular weight excluding hydrogens is 242 g/mol. The molecule has 1 aliphatic carbocycles. The van der Waals surface area contributed by atoms with Gasteiger partial charge in [0, 0.05) is 12.0 Å². The Balaban J connectivity index is 2.02. The van der Waals surface area contributed by atoms with E-state index in [0.717, 1.165) is 0 Å². The molecule has 0 fully saturated rings. The molecule has 0 aromatic heterocycles. The minimum absolute atomic E-state index is 0.535. The van der Waals surface area contributed by atoms with Crippen molar-refractivity contribution in [3.05, 3.63) is 70.8 Å². The van der Waals surface area contributed by atoms with Crippen LogP contribution in [0.4, 0.5) is 0 Å². The highest BCUT2D eigenvalue weighted by Crippen LogP contribution is 2.37. The van der Waals surface area contributed by atoms with E-state index < -0.39 is 0 Å². The Kier molecular flexibility index (Phi) is 3.62. The van der Waals surface area contributed by atoms with Gasteiger partial charge in [-0.2, -0.15) is 0 Å². The molecule has 2 aromatic carbocycles. The molecule has 1 heteroatoms. The maximum atomic E-state index is 2.37. The number of rotatable bonds is 2. The van der Waals surface area contributed by atoms with Crippen molar-refractivity contribution in [3.63, 3.8) is 0 Å². The van der Waals surface area contributed by atoms with E-state index in [2.05, 4.69) is 74.4 Å². The molecule has 0 saturated carbocycles. The fourth-order valence-electron chi connectivity index (χ4n) is 3.30. The average molecular weight is 265 g/mol. The number of fused-ring (bicyclic) bond motifs is 1. The SMILES string of the molecule is Cc1ccc([C@@H]2C[C@@H](N(C)C)Cc3ccccc32)cc1. The van der Waals surface area contributed by atoms with Crippen LogP contribution in [0, 0.1) is 6.92 Å². The first-order valence-corrected chi connectivity index (χ1v) is 7.46. The first-order chi connectivity index (χ1) is 9.65. The van der Waals surface area contributed by atoms with Crippen LogP contribution in [-0.4, -0.2) is 25.0 Å². The molecule has 0 heterocycles. The van der Waals surface area contributed by atoms with E-state index in [1.807, 2.05) is 0 Å². The second-order valence-corrected chi connectivity index (χ2v) is 6.22. The maximum Gasteiger partial charge on any atom is 0.0139 e. The van der Waals surface area contributed by atoms with Crippen LogP contribution in [0.1, 0.15) is 34.6 Å². The van der Waals surface area contributed by atoms with E-state index in [0.29, 0.717) is 12.0 Å². The second kappa shape index (κ2) is 5.41. The van der Waals surface area contributed by atoms with Crippen molar-refractivity contribution < 1.29 is 0 Å². The summed E-state index contributed by atoms with van der Waals surface area (Å²) in [4.78, 5) is 2.37. The predicted molar refractivity (Wildman–Crippen MR) is 85.3 cm³/mol. The van der Waals surface area contributed by atoms with E-state index in [4.69, 9.17) is 0 Å². The molecule has 0 amide bonds. The highest BCUT2D eigenvalue weighted by molar-refractivity contribution is 5.41. The molecule has 0 spiro atoms. The molecule has 2 aromatic rings. The van der Waals surface area contributed by atoms with E-state index in [1.165, 1.54) is 35.1 Å². The van der Waals surface area contributed by atoms with E-state index >= 15 is 0 Å². The minimum Gasteiger partial charge on any atom is -0.306 e. The highest BCUT2D eigenvalue weighted by Gasteiger charge is 2.28. The Morgan fingerprint density at radius 1 is 0.950 bits per heavy atom. The van der Waals surface area contributed by atoms with Crippen LogP contribution in [-0.2, 0) is 6.42 Å². The van der Waals surface area contributed by atoms with Crippen molar-refractivity contribution in [1.82, 2.24) is 4.90 Å². The Morgan fingerprint density at radius 2 is 1.65 bits per heavy atom. The summed E-state index contributed by atoms with van der Waals surface area (Å²) in [5.41, 5.74) is 5.83. The smallest absolute Gasteiger partial charge is 0.0139 e.